The van der Waals surface area contributed by atoms with E-state index in [1.807, 2.05) is 6.08 Å². The lowest BCUT2D eigenvalue weighted by Crippen LogP contribution is -2.45. The Kier molecular flexibility index (Phi) is 62.4. The molecule has 0 rings (SSSR count). The van der Waals surface area contributed by atoms with Crippen LogP contribution in [0.5, 0.6) is 0 Å². The van der Waals surface area contributed by atoms with Gasteiger partial charge < -0.3 is 20.3 Å². The lowest BCUT2D eigenvalue weighted by Gasteiger charge is -2.20. The van der Waals surface area contributed by atoms with Crippen molar-refractivity contribution in [2.24, 2.45) is 0 Å². The molecular weight excluding hydrogens is 911 g/mol. The van der Waals surface area contributed by atoms with Crippen LogP contribution in [0, 0.1) is 0 Å². The fraction of sp³-hybridized carbons (Fsp3) is 0.912. The first-order valence-corrected chi connectivity index (χ1v) is 33.6. The third kappa shape index (κ3) is 59.6. The molecule has 0 radical (unpaired) electrons. The van der Waals surface area contributed by atoms with Gasteiger partial charge in [0.2, 0.25) is 5.91 Å². The number of allylic oxidation sites excluding steroid dienone is 3. The van der Waals surface area contributed by atoms with Crippen LogP contribution < -0.4 is 5.32 Å². The van der Waals surface area contributed by atoms with Crippen LogP contribution in [0.2, 0.25) is 0 Å². The third-order valence-electron chi connectivity index (χ3n) is 15.7. The van der Waals surface area contributed by atoms with Gasteiger partial charge in [0, 0.05) is 12.8 Å². The largest absolute Gasteiger partial charge is 0.466 e. The fourth-order valence-corrected chi connectivity index (χ4v) is 10.6. The zero-order valence-corrected chi connectivity index (χ0v) is 50.1. The summed E-state index contributed by atoms with van der Waals surface area (Å²) in [5.41, 5.74) is 0. The number of amides is 1. The summed E-state index contributed by atoms with van der Waals surface area (Å²) < 4.78 is 5.49. The van der Waals surface area contributed by atoms with Crippen LogP contribution in [0.1, 0.15) is 373 Å². The van der Waals surface area contributed by atoms with Crippen LogP contribution in [-0.2, 0) is 14.3 Å². The van der Waals surface area contributed by atoms with Crippen molar-refractivity contribution in [3.63, 3.8) is 0 Å². The van der Waals surface area contributed by atoms with E-state index in [1.165, 1.54) is 302 Å². The average Bonchev–Trinajstić information content (AvgIpc) is 3.40. The number of carbonyl (C=O) groups is 2. The Bertz CT molecular complexity index is 1150. The quantitative estimate of drug-likeness (QED) is 0.0320. The van der Waals surface area contributed by atoms with E-state index in [4.69, 9.17) is 4.74 Å². The fourth-order valence-electron chi connectivity index (χ4n) is 10.6. The number of nitrogens with one attached hydrogen (secondary N) is 1. The minimum Gasteiger partial charge on any atom is -0.466 e. The molecule has 6 nitrogen and oxygen atoms in total. The number of carbonyl (C=O) groups excluding carboxylic acids is 2. The number of rotatable bonds is 63. The third-order valence-corrected chi connectivity index (χ3v) is 15.7. The molecule has 0 heterocycles. The van der Waals surface area contributed by atoms with E-state index >= 15 is 0 Å². The van der Waals surface area contributed by atoms with E-state index in [0.717, 1.165) is 44.9 Å². The second-order valence-electron chi connectivity index (χ2n) is 23.2. The molecule has 438 valence electrons. The first-order chi connectivity index (χ1) is 36.5. The molecule has 3 N–H and O–H groups in total. The molecule has 0 aromatic carbocycles. The summed E-state index contributed by atoms with van der Waals surface area (Å²) in [6.45, 7) is 4.92. The van der Waals surface area contributed by atoms with Crippen LogP contribution in [0.15, 0.2) is 24.3 Å². The van der Waals surface area contributed by atoms with Gasteiger partial charge in [-0.15, -0.1) is 0 Å². The van der Waals surface area contributed by atoms with Gasteiger partial charge in [-0.25, -0.2) is 0 Å². The van der Waals surface area contributed by atoms with Crippen LogP contribution in [0.4, 0.5) is 0 Å². The number of aliphatic hydroxyl groups is 2. The maximum atomic E-state index is 12.5. The minimum atomic E-state index is -0.842. The predicted molar refractivity (Wildman–Crippen MR) is 324 cm³/mol. The van der Waals surface area contributed by atoms with Gasteiger partial charge >= 0.3 is 5.97 Å². The molecule has 0 saturated carbocycles. The lowest BCUT2D eigenvalue weighted by molar-refractivity contribution is -0.143. The van der Waals surface area contributed by atoms with E-state index in [1.54, 1.807) is 6.08 Å². The number of hydrogen-bond acceptors (Lipinski definition) is 5. The molecule has 0 aliphatic rings. The Morgan fingerprint density at radius 1 is 0.365 bits per heavy atom. The molecule has 0 spiro atoms. The highest BCUT2D eigenvalue weighted by atomic mass is 16.5. The topological polar surface area (TPSA) is 95.9 Å². The summed E-state index contributed by atoms with van der Waals surface area (Å²) in [6.07, 6.45) is 79.6. The molecule has 74 heavy (non-hydrogen) atoms. The van der Waals surface area contributed by atoms with Crippen molar-refractivity contribution in [3.8, 4) is 0 Å². The van der Waals surface area contributed by atoms with Gasteiger partial charge in [-0.1, -0.05) is 327 Å². The first-order valence-electron chi connectivity index (χ1n) is 33.6. The molecule has 6 heteroatoms. The van der Waals surface area contributed by atoms with Gasteiger partial charge in [0.05, 0.1) is 25.4 Å². The van der Waals surface area contributed by atoms with Crippen LogP contribution in [-0.4, -0.2) is 47.4 Å². The lowest BCUT2D eigenvalue weighted by atomic mass is 10.0. The van der Waals surface area contributed by atoms with Crippen molar-refractivity contribution < 1.29 is 24.5 Å². The molecule has 2 unspecified atom stereocenters. The maximum Gasteiger partial charge on any atom is 0.305 e. The summed E-state index contributed by atoms with van der Waals surface area (Å²) >= 11 is 0. The molecule has 1 amide bonds. The molecule has 0 aliphatic carbocycles. The molecule has 0 aromatic rings. The number of aliphatic hydroxyl groups excluding tert-OH is 2. The summed E-state index contributed by atoms with van der Waals surface area (Å²) in [5, 5.41) is 23.2. The minimum absolute atomic E-state index is 0.0102. The average molecular weight is 1040 g/mol. The Labute approximate surface area is 462 Å². The van der Waals surface area contributed by atoms with Crippen molar-refractivity contribution in [1.82, 2.24) is 5.32 Å². The van der Waals surface area contributed by atoms with Crippen LogP contribution in [0.3, 0.4) is 0 Å². The zero-order valence-electron chi connectivity index (χ0n) is 50.1. The number of ether oxygens (including phenoxy) is 1. The Morgan fingerprint density at radius 3 is 0.959 bits per heavy atom. The van der Waals surface area contributed by atoms with Crippen molar-refractivity contribution in [2.75, 3.05) is 13.2 Å². The van der Waals surface area contributed by atoms with E-state index in [2.05, 4.69) is 31.3 Å². The van der Waals surface area contributed by atoms with Crippen LogP contribution >= 0.6 is 0 Å². The smallest absolute Gasteiger partial charge is 0.305 e. The zero-order chi connectivity index (χ0) is 53.6. The molecule has 0 saturated heterocycles. The number of hydrogen-bond donors (Lipinski definition) is 3. The maximum absolute atomic E-state index is 12.5. The van der Waals surface area contributed by atoms with Gasteiger partial charge in [-0.2, -0.15) is 0 Å². The molecule has 0 fully saturated rings. The highest BCUT2D eigenvalue weighted by Crippen LogP contribution is 2.18. The van der Waals surface area contributed by atoms with Crippen molar-refractivity contribution >= 4 is 11.9 Å². The highest BCUT2D eigenvalue weighted by Gasteiger charge is 2.18. The predicted octanol–water partition coefficient (Wildman–Crippen LogP) is 21.4. The van der Waals surface area contributed by atoms with Gasteiger partial charge in [0.15, 0.2) is 0 Å². The number of esters is 1. The summed E-state index contributed by atoms with van der Waals surface area (Å²) in [4.78, 5) is 24.5. The summed E-state index contributed by atoms with van der Waals surface area (Å²) in [6, 6.07) is -0.625. The first kappa shape index (κ1) is 72.3. The highest BCUT2D eigenvalue weighted by molar-refractivity contribution is 5.76. The molecule has 0 bridgehead atoms. The Morgan fingerprint density at radius 2 is 0.635 bits per heavy atom. The SMILES string of the molecule is CCCCCCCC/C=C\CCCCCCCC(=O)OCCCCCCCCCCCCCCCCCCCCCCCCCCCCCC(=O)NC(CO)C(O)/C=C/CCCCCCCCCCCCCCC. The van der Waals surface area contributed by atoms with Gasteiger partial charge in [0.25, 0.3) is 0 Å². The Balaban J connectivity index is 3.36. The van der Waals surface area contributed by atoms with E-state index in [9.17, 15) is 19.8 Å². The number of unbranched alkanes of at least 4 members (excludes halogenated alkanes) is 50. The van der Waals surface area contributed by atoms with Gasteiger partial charge in [-0.05, 0) is 57.8 Å². The van der Waals surface area contributed by atoms with Crippen molar-refractivity contribution in [3.05, 3.63) is 24.3 Å². The normalized spacial score (nSPS) is 12.6. The van der Waals surface area contributed by atoms with E-state index in [0.29, 0.717) is 19.4 Å². The molecule has 0 aliphatic heterocycles. The van der Waals surface area contributed by atoms with Crippen LogP contribution in [0.25, 0.3) is 0 Å². The van der Waals surface area contributed by atoms with Gasteiger partial charge in [-0.3, -0.25) is 9.59 Å². The van der Waals surface area contributed by atoms with E-state index in [-0.39, 0.29) is 18.5 Å². The monoisotopic (exact) mass is 1040 g/mol. The second-order valence-corrected chi connectivity index (χ2v) is 23.2. The molecular formula is C68H131NO5. The molecule has 0 aromatic heterocycles. The standard InChI is InChI=1S/C68H131NO5/c1-3-5-7-9-11-13-15-17-32-36-40-44-48-52-56-60-66(71)65(64-70)69-67(72)61-57-53-49-45-41-37-34-30-28-26-24-22-20-19-21-23-25-27-29-31-35-39-43-47-51-55-59-63-74-68(73)62-58-54-50-46-42-38-33-18-16-14-12-10-8-6-4-2/h18,33,56,60,65-66,70-71H,3-17,19-32,34-55,57-59,61-64H2,1-2H3,(H,69,72)/b33-18-,60-56+. The van der Waals surface area contributed by atoms with Gasteiger partial charge in [0.1, 0.15) is 0 Å². The summed E-state index contributed by atoms with van der Waals surface area (Å²) in [5.74, 6) is -0.0529. The van der Waals surface area contributed by atoms with Crippen molar-refractivity contribution in [1.29, 1.82) is 0 Å². The van der Waals surface area contributed by atoms with Crippen molar-refractivity contribution in [2.45, 2.75) is 386 Å². The van der Waals surface area contributed by atoms with E-state index < -0.39 is 12.1 Å². The Hall–Kier alpha value is -1.66. The molecule has 2 atom stereocenters. The summed E-state index contributed by atoms with van der Waals surface area (Å²) in [7, 11) is 0. The second kappa shape index (κ2) is 63.9.